The molecule has 1 aromatic heterocycles. The van der Waals surface area contributed by atoms with Crippen molar-refractivity contribution < 1.29 is 9.90 Å². The van der Waals surface area contributed by atoms with Crippen molar-refractivity contribution in [2.24, 2.45) is 5.10 Å². The molecule has 1 heterocycles. The molecule has 0 unspecified atom stereocenters. The average Bonchev–Trinajstić information content (AvgIpc) is 2.87. The third kappa shape index (κ3) is 4.02. The summed E-state index contributed by atoms with van der Waals surface area (Å²) in [7, 11) is 0. The lowest BCUT2D eigenvalue weighted by Gasteiger charge is -2.12. The number of hydrazone groups is 1. The number of fused-ring (bicyclic) bond motifs is 2. The zero-order valence-corrected chi connectivity index (χ0v) is 18.1. The van der Waals surface area contributed by atoms with Gasteiger partial charge in [-0.2, -0.15) is 5.10 Å². The number of aromatic nitrogens is 2. The second-order valence-electron chi connectivity index (χ2n) is 7.75. The molecule has 1 amide bonds. The molecular weight excluding hydrogens is 428 g/mol. The highest BCUT2D eigenvalue weighted by molar-refractivity contribution is 6.03. The van der Waals surface area contributed by atoms with Crippen molar-refractivity contribution in [2.45, 2.75) is 6.54 Å². The molecule has 7 nitrogen and oxygen atoms in total. The highest BCUT2D eigenvalue weighted by Gasteiger charge is 2.17. The van der Waals surface area contributed by atoms with E-state index < -0.39 is 5.91 Å². The number of rotatable bonds is 5. The van der Waals surface area contributed by atoms with E-state index in [1.807, 2.05) is 60.7 Å². The molecule has 0 aliphatic carbocycles. The molecule has 34 heavy (non-hydrogen) atoms. The van der Waals surface area contributed by atoms with Gasteiger partial charge in [-0.05, 0) is 34.5 Å². The summed E-state index contributed by atoms with van der Waals surface area (Å²) >= 11 is 0. The van der Waals surface area contributed by atoms with Crippen LogP contribution in [0.3, 0.4) is 0 Å². The van der Waals surface area contributed by atoms with Crippen molar-refractivity contribution in [3.63, 3.8) is 0 Å². The van der Waals surface area contributed by atoms with Crippen LogP contribution in [0.4, 0.5) is 0 Å². The van der Waals surface area contributed by atoms with Crippen molar-refractivity contribution in [1.29, 1.82) is 0 Å². The molecule has 0 spiro atoms. The maximum absolute atomic E-state index is 13.2. The number of phenolic OH excluding ortho intramolecular Hbond substituents is 1. The molecule has 7 heteroatoms. The average molecular weight is 448 g/mol. The van der Waals surface area contributed by atoms with E-state index in [4.69, 9.17) is 0 Å². The monoisotopic (exact) mass is 448 g/mol. The number of nitrogens with zero attached hydrogens (tertiary/aromatic N) is 3. The van der Waals surface area contributed by atoms with Gasteiger partial charge in [-0.1, -0.05) is 72.8 Å². The summed E-state index contributed by atoms with van der Waals surface area (Å²) in [6.07, 6.45) is 1.39. The number of carbonyl (C=O) groups excluding carboxylic acids is 1. The lowest BCUT2D eigenvalue weighted by atomic mass is 10.0. The van der Waals surface area contributed by atoms with Gasteiger partial charge in [-0.25, -0.2) is 10.4 Å². The van der Waals surface area contributed by atoms with Crippen LogP contribution in [-0.4, -0.2) is 26.8 Å². The molecule has 0 saturated heterocycles. The first kappa shape index (κ1) is 21.1. The number of para-hydroxylation sites is 1. The molecule has 5 rings (SSSR count). The van der Waals surface area contributed by atoms with E-state index in [0.29, 0.717) is 16.5 Å². The van der Waals surface area contributed by atoms with Gasteiger partial charge in [0.15, 0.2) is 0 Å². The van der Waals surface area contributed by atoms with E-state index in [-0.39, 0.29) is 23.7 Å². The molecule has 5 aromatic rings. The molecule has 0 saturated carbocycles. The molecule has 4 aromatic carbocycles. The van der Waals surface area contributed by atoms with Crippen LogP contribution in [0.15, 0.2) is 101 Å². The van der Waals surface area contributed by atoms with Crippen LogP contribution >= 0.6 is 0 Å². The number of benzene rings is 4. The SMILES string of the molecule is O=C(N/N=C\c1c(O)ccc2ccccc12)c1nc2ccccc2c(=O)n1Cc1ccccc1. The predicted octanol–water partition coefficient (Wildman–Crippen LogP) is 4.07. The first-order chi connectivity index (χ1) is 16.6. The second kappa shape index (κ2) is 8.99. The zero-order chi connectivity index (χ0) is 23.5. The van der Waals surface area contributed by atoms with Gasteiger partial charge in [0, 0.05) is 5.56 Å². The van der Waals surface area contributed by atoms with E-state index in [1.54, 1.807) is 30.3 Å². The van der Waals surface area contributed by atoms with Crippen molar-refractivity contribution in [2.75, 3.05) is 0 Å². The molecule has 0 aliphatic rings. The Morgan fingerprint density at radius 3 is 2.44 bits per heavy atom. The Labute approximate surface area is 194 Å². The summed E-state index contributed by atoms with van der Waals surface area (Å²) in [5, 5.41) is 16.5. The Balaban J connectivity index is 1.51. The number of aromatic hydroxyl groups is 1. The molecule has 0 aliphatic heterocycles. The van der Waals surface area contributed by atoms with Crippen LogP contribution in [0.5, 0.6) is 5.75 Å². The fourth-order valence-corrected chi connectivity index (χ4v) is 3.88. The van der Waals surface area contributed by atoms with Crippen molar-refractivity contribution in [3.05, 3.63) is 118 Å². The van der Waals surface area contributed by atoms with Gasteiger partial charge in [-0.3, -0.25) is 14.2 Å². The third-order valence-corrected chi connectivity index (χ3v) is 5.56. The van der Waals surface area contributed by atoms with Gasteiger partial charge in [0.1, 0.15) is 5.75 Å². The van der Waals surface area contributed by atoms with E-state index in [2.05, 4.69) is 15.5 Å². The van der Waals surface area contributed by atoms with Gasteiger partial charge in [0.2, 0.25) is 5.82 Å². The molecule has 2 N–H and O–H groups in total. The van der Waals surface area contributed by atoms with Crippen LogP contribution in [0.25, 0.3) is 21.7 Å². The van der Waals surface area contributed by atoms with Gasteiger partial charge < -0.3 is 5.11 Å². The standard InChI is InChI=1S/C27H20N4O3/c32-24-15-14-19-10-4-5-11-20(19)22(24)16-28-30-26(33)25-29-23-13-7-6-12-21(23)27(34)31(25)17-18-8-2-1-3-9-18/h1-16,32H,17H2,(H,30,33)/b28-16-. The molecular formula is C27H20N4O3. The lowest BCUT2D eigenvalue weighted by Crippen LogP contribution is -2.32. The zero-order valence-electron chi connectivity index (χ0n) is 18.1. The summed E-state index contributed by atoms with van der Waals surface area (Å²) in [6, 6.07) is 27.2. The highest BCUT2D eigenvalue weighted by Crippen LogP contribution is 2.25. The Morgan fingerprint density at radius 2 is 1.62 bits per heavy atom. The van der Waals surface area contributed by atoms with Gasteiger partial charge >= 0.3 is 5.91 Å². The topological polar surface area (TPSA) is 96.6 Å². The van der Waals surface area contributed by atoms with Gasteiger partial charge in [0.05, 0.1) is 23.7 Å². The third-order valence-electron chi connectivity index (χ3n) is 5.56. The minimum absolute atomic E-state index is 0.0431. The minimum Gasteiger partial charge on any atom is -0.507 e. The Bertz CT molecular complexity index is 1610. The second-order valence-corrected chi connectivity index (χ2v) is 7.75. The number of phenols is 1. The fraction of sp³-hybridized carbons (Fsp3) is 0.0370. The predicted molar refractivity (Wildman–Crippen MR) is 132 cm³/mol. The van der Waals surface area contributed by atoms with Crippen LogP contribution in [-0.2, 0) is 6.54 Å². The lowest BCUT2D eigenvalue weighted by molar-refractivity contribution is 0.0939. The van der Waals surface area contributed by atoms with Crippen molar-refractivity contribution >= 4 is 33.8 Å². The number of amides is 1. The molecule has 0 fully saturated rings. The summed E-state index contributed by atoms with van der Waals surface area (Å²) in [4.78, 5) is 30.7. The minimum atomic E-state index is -0.630. The molecule has 0 bridgehead atoms. The van der Waals surface area contributed by atoms with Gasteiger partial charge in [-0.15, -0.1) is 0 Å². The molecule has 0 atom stereocenters. The Kier molecular flexibility index (Phi) is 5.58. The molecule has 0 radical (unpaired) electrons. The van der Waals surface area contributed by atoms with Crippen LogP contribution in [0.1, 0.15) is 21.7 Å². The summed E-state index contributed by atoms with van der Waals surface area (Å²) in [6.45, 7) is 0.189. The van der Waals surface area contributed by atoms with Crippen LogP contribution in [0.2, 0.25) is 0 Å². The van der Waals surface area contributed by atoms with E-state index in [1.165, 1.54) is 10.8 Å². The first-order valence-corrected chi connectivity index (χ1v) is 10.7. The van der Waals surface area contributed by atoms with E-state index in [0.717, 1.165) is 16.3 Å². The van der Waals surface area contributed by atoms with Crippen LogP contribution < -0.4 is 11.0 Å². The highest BCUT2D eigenvalue weighted by atomic mass is 16.3. The number of hydrogen-bond acceptors (Lipinski definition) is 5. The number of carbonyl (C=O) groups is 1. The number of nitrogens with one attached hydrogen (secondary N) is 1. The Morgan fingerprint density at radius 1 is 0.912 bits per heavy atom. The van der Waals surface area contributed by atoms with E-state index >= 15 is 0 Å². The normalized spacial score (nSPS) is 11.3. The summed E-state index contributed by atoms with van der Waals surface area (Å²) < 4.78 is 1.35. The van der Waals surface area contributed by atoms with Gasteiger partial charge in [0.25, 0.3) is 5.56 Å². The first-order valence-electron chi connectivity index (χ1n) is 10.7. The van der Waals surface area contributed by atoms with Crippen molar-refractivity contribution in [3.8, 4) is 5.75 Å². The molecule has 166 valence electrons. The Hall–Kier alpha value is -4.78. The van der Waals surface area contributed by atoms with Crippen LogP contribution in [0, 0.1) is 0 Å². The fourth-order valence-electron chi connectivity index (χ4n) is 3.88. The van der Waals surface area contributed by atoms with Crippen molar-refractivity contribution in [1.82, 2.24) is 15.0 Å². The quantitative estimate of drug-likeness (QED) is 0.313. The maximum Gasteiger partial charge on any atom is 0.307 e. The largest absolute Gasteiger partial charge is 0.507 e. The smallest absolute Gasteiger partial charge is 0.307 e. The number of hydrogen-bond donors (Lipinski definition) is 2. The summed E-state index contributed by atoms with van der Waals surface area (Å²) in [5.41, 5.74) is 3.91. The van der Waals surface area contributed by atoms with E-state index in [9.17, 15) is 14.7 Å². The summed E-state index contributed by atoms with van der Waals surface area (Å²) in [5.74, 6) is -0.636. The maximum atomic E-state index is 13.2.